The van der Waals surface area contributed by atoms with Gasteiger partial charge in [-0.25, -0.2) is 0 Å². The van der Waals surface area contributed by atoms with Crippen LogP contribution in [0.2, 0.25) is 0 Å². The van der Waals surface area contributed by atoms with E-state index in [-0.39, 0.29) is 0 Å². The minimum absolute atomic E-state index is 0.298. The zero-order chi connectivity index (χ0) is 10.3. The molecule has 0 N–H and O–H groups in total. The van der Waals surface area contributed by atoms with E-state index in [9.17, 15) is 9.18 Å². The predicted molar refractivity (Wildman–Crippen MR) is 50.0 cm³/mol. The lowest BCUT2D eigenvalue weighted by atomic mass is 10.1. The van der Waals surface area contributed by atoms with Crippen LogP contribution in [0.4, 0.5) is 4.39 Å². The first kappa shape index (κ1) is 12.4. The van der Waals surface area contributed by atoms with E-state index in [0.29, 0.717) is 6.42 Å². The highest BCUT2D eigenvalue weighted by molar-refractivity contribution is 5.66. The molecule has 0 saturated carbocycles. The molecule has 0 aliphatic rings. The molecule has 0 saturated heterocycles. The molecule has 0 amide bonds. The maximum absolute atomic E-state index is 13.3. The molecule has 78 valence electrons. The Kier molecular flexibility index (Phi) is 5.67. The quantitative estimate of drug-likeness (QED) is 0.475. The van der Waals surface area contributed by atoms with Crippen molar-refractivity contribution in [2.75, 3.05) is 0 Å². The van der Waals surface area contributed by atoms with Crippen molar-refractivity contribution in [2.24, 2.45) is 0 Å². The summed E-state index contributed by atoms with van der Waals surface area (Å²) in [6.45, 7) is 4.63. The number of hydrogen-bond acceptors (Lipinski definition) is 2. The Balaban J connectivity index is 3.56. The summed E-state index contributed by atoms with van der Waals surface area (Å²) in [5.74, 6) is -2.33. The van der Waals surface area contributed by atoms with Gasteiger partial charge in [0, 0.05) is 20.3 Å². The smallest absolute Gasteiger partial charge is 0.305 e. The van der Waals surface area contributed by atoms with E-state index >= 15 is 0 Å². The average molecular weight is 190 g/mol. The molecule has 0 heterocycles. The van der Waals surface area contributed by atoms with Crippen LogP contribution in [-0.4, -0.2) is 11.8 Å². The highest BCUT2D eigenvalue weighted by Crippen LogP contribution is 2.21. The summed E-state index contributed by atoms with van der Waals surface area (Å²) in [6.07, 6.45) is 4.30. The van der Waals surface area contributed by atoms with Gasteiger partial charge >= 0.3 is 5.97 Å². The van der Waals surface area contributed by atoms with Crippen LogP contribution in [0.1, 0.15) is 52.9 Å². The van der Waals surface area contributed by atoms with Crippen molar-refractivity contribution in [1.29, 1.82) is 0 Å². The third-order valence-electron chi connectivity index (χ3n) is 1.83. The molecule has 2 nitrogen and oxygen atoms in total. The fourth-order valence-electron chi connectivity index (χ4n) is 1.22. The Morgan fingerprint density at radius 2 is 2.00 bits per heavy atom. The monoisotopic (exact) mass is 190 g/mol. The van der Waals surface area contributed by atoms with Crippen molar-refractivity contribution in [3.63, 3.8) is 0 Å². The molecule has 0 aliphatic heterocycles. The Morgan fingerprint density at radius 1 is 1.38 bits per heavy atom. The summed E-state index contributed by atoms with van der Waals surface area (Å²) in [7, 11) is 0. The van der Waals surface area contributed by atoms with Gasteiger partial charge in [0.05, 0.1) is 0 Å². The summed E-state index contributed by atoms with van der Waals surface area (Å²) >= 11 is 0. The van der Waals surface area contributed by atoms with Crippen LogP contribution < -0.4 is 0 Å². The molecule has 0 aromatic rings. The lowest BCUT2D eigenvalue weighted by Gasteiger charge is -2.19. The van der Waals surface area contributed by atoms with Gasteiger partial charge in [0.25, 0.3) is 0 Å². The second-order valence-corrected chi connectivity index (χ2v) is 3.51. The van der Waals surface area contributed by atoms with Gasteiger partial charge in [0.1, 0.15) is 0 Å². The Bertz CT molecular complexity index is 155. The number of halogens is 1. The zero-order valence-corrected chi connectivity index (χ0v) is 8.73. The fraction of sp³-hybridized carbons (Fsp3) is 0.900. The van der Waals surface area contributed by atoms with E-state index in [1.165, 1.54) is 13.8 Å². The van der Waals surface area contributed by atoms with Crippen molar-refractivity contribution < 1.29 is 13.9 Å². The molecule has 3 heteroatoms. The van der Waals surface area contributed by atoms with Crippen molar-refractivity contribution in [3.05, 3.63) is 0 Å². The summed E-state index contributed by atoms with van der Waals surface area (Å²) in [5, 5.41) is 0. The van der Waals surface area contributed by atoms with Crippen LogP contribution >= 0.6 is 0 Å². The number of carbonyl (C=O) groups is 1. The normalized spacial score (nSPS) is 15.1. The molecule has 0 fully saturated rings. The summed E-state index contributed by atoms with van der Waals surface area (Å²) in [6, 6.07) is 0. The topological polar surface area (TPSA) is 26.3 Å². The van der Waals surface area contributed by atoms with Crippen molar-refractivity contribution >= 4 is 5.97 Å². The summed E-state index contributed by atoms with van der Waals surface area (Å²) < 4.78 is 17.8. The van der Waals surface area contributed by atoms with Gasteiger partial charge in [-0.05, 0) is 6.42 Å². The van der Waals surface area contributed by atoms with Crippen LogP contribution in [0.25, 0.3) is 0 Å². The molecule has 0 bridgehead atoms. The maximum atomic E-state index is 13.3. The van der Waals surface area contributed by atoms with Crippen LogP contribution in [0.5, 0.6) is 0 Å². The molecule has 0 aliphatic carbocycles. The van der Waals surface area contributed by atoms with E-state index < -0.39 is 11.8 Å². The van der Waals surface area contributed by atoms with Gasteiger partial charge in [-0.3, -0.25) is 4.79 Å². The van der Waals surface area contributed by atoms with E-state index in [1.807, 2.05) is 0 Å². The number of ether oxygens (including phenoxy) is 1. The van der Waals surface area contributed by atoms with Crippen molar-refractivity contribution in [2.45, 2.75) is 58.7 Å². The molecule has 0 rings (SSSR count). The van der Waals surface area contributed by atoms with Gasteiger partial charge in [0.2, 0.25) is 5.85 Å². The molecule has 0 aromatic carbocycles. The first-order chi connectivity index (χ1) is 5.98. The van der Waals surface area contributed by atoms with Crippen LogP contribution in [-0.2, 0) is 9.53 Å². The maximum Gasteiger partial charge on any atom is 0.305 e. The minimum Gasteiger partial charge on any atom is -0.429 e. The molecule has 13 heavy (non-hydrogen) atoms. The molecule has 0 aromatic heterocycles. The molecule has 1 unspecified atom stereocenters. The Hall–Kier alpha value is -0.600. The summed E-state index contributed by atoms with van der Waals surface area (Å²) in [5.41, 5.74) is 0. The van der Waals surface area contributed by atoms with Gasteiger partial charge in [0.15, 0.2) is 0 Å². The standard InChI is InChI=1S/C10H19FO2/c1-4-5-6-7-8-10(3,11)13-9(2)12/h4-8H2,1-3H3. The molecule has 0 radical (unpaired) electrons. The SMILES string of the molecule is CCCCCCC(C)(F)OC(C)=O. The molecular formula is C10H19FO2. The Morgan fingerprint density at radius 3 is 2.46 bits per heavy atom. The van der Waals surface area contributed by atoms with E-state index in [0.717, 1.165) is 25.7 Å². The molecular weight excluding hydrogens is 171 g/mol. The lowest BCUT2D eigenvalue weighted by molar-refractivity contribution is -0.176. The van der Waals surface area contributed by atoms with Gasteiger partial charge < -0.3 is 4.74 Å². The Labute approximate surface area is 79.5 Å². The second kappa shape index (κ2) is 5.95. The lowest BCUT2D eigenvalue weighted by Crippen LogP contribution is -2.24. The second-order valence-electron chi connectivity index (χ2n) is 3.51. The number of alkyl halides is 1. The third kappa shape index (κ3) is 7.75. The van der Waals surface area contributed by atoms with E-state index in [2.05, 4.69) is 11.7 Å². The number of rotatable bonds is 6. The third-order valence-corrected chi connectivity index (χ3v) is 1.83. The largest absolute Gasteiger partial charge is 0.429 e. The minimum atomic E-state index is -1.78. The van der Waals surface area contributed by atoms with Gasteiger partial charge in [-0.15, -0.1) is 0 Å². The van der Waals surface area contributed by atoms with Crippen LogP contribution in [0.3, 0.4) is 0 Å². The molecule has 0 spiro atoms. The highest BCUT2D eigenvalue weighted by Gasteiger charge is 2.25. The first-order valence-corrected chi connectivity index (χ1v) is 4.86. The zero-order valence-electron chi connectivity index (χ0n) is 8.73. The number of unbranched alkanes of at least 4 members (excludes halogenated alkanes) is 3. The van der Waals surface area contributed by atoms with Crippen LogP contribution in [0, 0.1) is 0 Å². The van der Waals surface area contributed by atoms with Gasteiger partial charge in [-0.1, -0.05) is 26.2 Å². The van der Waals surface area contributed by atoms with Crippen molar-refractivity contribution in [1.82, 2.24) is 0 Å². The fourth-order valence-corrected chi connectivity index (χ4v) is 1.22. The summed E-state index contributed by atoms with van der Waals surface area (Å²) in [4.78, 5) is 10.5. The van der Waals surface area contributed by atoms with Gasteiger partial charge in [-0.2, -0.15) is 4.39 Å². The molecule has 1 atom stereocenters. The van der Waals surface area contributed by atoms with Crippen molar-refractivity contribution in [3.8, 4) is 0 Å². The van der Waals surface area contributed by atoms with E-state index in [4.69, 9.17) is 0 Å². The first-order valence-electron chi connectivity index (χ1n) is 4.86. The average Bonchev–Trinajstić information content (AvgIpc) is 1.95. The predicted octanol–water partition coefficient (Wildman–Crippen LogP) is 3.21. The number of carbonyl (C=O) groups excluding carboxylic acids is 1. The highest BCUT2D eigenvalue weighted by atomic mass is 19.2. The van der Waals surface area contributed by atoms with E-state index in [1.54, 1.807) is 0 Å². The number of esters is 1. The van der Waals surface area contributed by atoms with Crippen LogP contribution in [0.15, 0.2) is 0 Å². The number of hydrogen-bond donors (Lipinski definition) is 0.